The second-order valence-electron chi connectivity index (χ2n) is 3.48. The van der Waals surface area contributed by atoms with Crippen molar-refractivity contribution in [2.45, 2.75) is 33.1 Å². The molecule has 82 valence electrons. The third-order valence-electron chi connectivity index (χ3n) is 2.40. The van der Waals surface area contributed by atoms with Crippen LogP contribution in [0.1, 0.15) is 42.0 Å². The van der Waals surface area contributed by atoms with Crippen molar-refractivity contribution in [3.8, 4) is 0 Å². The minimum atomic E-state index is -0.116. The van der Waals surface area contributed by atoms with Crippen molar-refractivity contribution in [2.24, 2.45) is 0 Å². The zero-order valence-corrected chi connectivity index (χ0v) is 9.63. The normalized spacial score (nSPS) is 10.1. The number of pyridine rings is 1. The van der Waals surface area contributed by atoms with Crippen molar-refractivity contribution in [3.63, 3.8) is 0 Å². The highest BCUT2D eigenvalue weighted by Crippen LogP contribution is 2.11. The number of carbonyl (C=O) groups is 1. The Morgan fingerprint density at radius 1 is 1.40 bits per heavy atom. The molecular formula is C12H18N2O. The van der Waals surface area contributed by atoms with Gasteiger partial charge in [-0.1, -0.05) is 26.3 Å². The summed E-state index contributed by atoms with van der Waals surface area (Å²) in [4.78, 5) is 15.8. The highest BCUT2D eigenvalue weighted by Gasteiger charge is 2.08. The van der Waals surface area contributed by atoms with E-state index in [1.54, 1.807) is 13.1 Å². The first-order valence-electron chi connectivity index (χ1n) is 5.43. The van der Waals surface area contributed by atoms with Crippen LogP contribution in [0.5, 0.6) is 0 Å². The van der Waals surface area contributed by atoms with Crippen LogP contribution in [0, 0.1) is 0 Å². The molecule has 3 nitrogen and oxygen atoms in total. The summed E-state index contributed by atoms with van der Waals surface area (Å²) in [5, 5.41) is 2.59. The molecule has 1 aromatic heterocycles. The van der Waals surface area contributed by atoms with Crippen LogP contribution < -0.4 is 5.32 Å². The van der Waals surface area contributed by atoms with Crippen LogP contribution >= 0.6 is 0 Å². The Morgan fingerprint density at radius 3 is 2.67 bits per heavy atom. The van der Waals surface area contributed by atoms with Crippen LogP contribution in [-0.2, 0) is 12.8 Å². The highest BCUT2D eigenvalue weighted by molar-refractivity contribution is 5.92. The molecule has 0 saturated heterocycles. The predicted molar refractivity (Wildman–Crippen MR) is 61.0 cm³/mol. The third-order valence-corrected chi connectivity index (χ3v) is 2.40. The summed E-state index contributed by atoms with van der Waals surface area (Å²) in [6, 6.07) is 3.79. The van der Waals surface area contributed by atoms with Gasteiger partial charge in [-0.3, -0.25) is 4.79 Å². The molecule has 0 aliphatic rings. The lowest BCUT2D eigenvalue weighted by molar-refractivity contribution is 0.0958. The van der Waals surface area contributed by atoms with Crippen LogP contribution in [-0.4, -0.2) is 17.9 Å². The van der Waals surface area contributed by atoms with Crippen molar-refractivity contribution in [2.75, 3.05) is 7.05 Å². The third kappa shape index (κ3) is 2.78. The summed E-state index contributed by atoms with van der Waals surface area (Å²) in [6.45, 7) is 4.23. The monoisotopic (exact) mass is 206 g/mol. The van der Waals surface area contributed by atoms with Crippen molar-refractivity contribution in [1.82, 2.24) is 10.3 Å². The lowest BCUT2D eigenvalue weighted by Crippen LogP contribution is -2.20. The van der Waals surface area contributed by atoms with E-state index in [-0.39, 0.29) is 5.91 Å². The second-order valence-corrected chi connectivity index (χ2v) is 3.48. The molecule has 0 fully saturated rings. The number of amides is 1. The van der Waals surface area contributed by atoms with Gasteiger partial charge in [-0.05, 0) is 24.5 Å². The summed E-state index contributed by atoms with van der Waals surface area (Å²) < 4.78 is 0. The standard InChI is InChI=1S/C12H18N2O/c1-4-6-10-9(5-2)7-8-11(14-10)12(15)13-3/h7-8H,4-6H2,1-3H3,(H,13,15). The van der Waals surface area contributed by atoms with Gasteiger partial charge in [-0.15, -0.1) is 0 Å². The van der Waals surface area contributed by atoms with Crippen LogP contribution in [0.4, 0.5) is 0 Å². The molecule has 0 atom stereocenters. The number of carbonyl (C=O) groups excluding carboxylic acids is 1. The molecule has 3 heteroatoms. The van der Waals surface area contributed by atoms with Crippen molar-refractivity contribution >= 4 is 5.91 Å². The molecule has 0 spiro atoms. The van der Waals surface area contributed by atoms with Crippen LogP contribution in [0.15, 0.2) is 12.1 Å². The zero-order valence-electron chi connectivity index (χ0n) is 9.63. The lowest BCUT2D eigenvalue weighted by Gasteiger charge is -2.07. The molecule has 0 radical (unpaired) electrons. The van der Waals surface area contributed by atoms with Crippen molar-refractivity contribution < 1.29 is 4.79 Å². The summed E-state index contributed by atoms with van der Waals surface area (Å²) in [5.74, 6) is -0.116. The Labute approximate surface area is 90.9 Å². The van der Waals surface area contributed by atoms with Gasteiger partial charge in [0.2, 0.25) is 0 Å². The first-order chi connectivity index (χ1) is 7.22. The molecular weight excluding hydrogens is 188 g/mol. The molecule has 15 heavy (non-hydrogen) atoms. The molecule has 0 aliphatic heterocycles. The Balaban J connectivity index is 3.04. The first kappa shape index (κ1) is 11.7. The van der Waals surface area contributed by atoms with E-state index in [2.05, 4.69) is 24.1 Å². The number of aryl methyl sites for hydroxylation is 2. The highest BCUT2D eigenvalue weighted by atomic mass is 16.1. The van der Waals surface area contributed by atoms with Crippen LogP contribution in [0.2, 0.25) is 0 Å². The van der Waals surface area contributed by atoms with Gasteiger partial charge in [0.05, 0.1) is 0 Å². The van der Waals surface area contributed by atoms with E-state index < -0.39 is 0 Å². The Kier molecular flexibility index (Phi) is 4.28. The number of hydrogen-bond donors (Lipinski definition) is 1. The van der Waals surface area contributed by atoms with Gasteiger partial charge in [-0.2, -0.15) is 0 Å². The summed E-state index contributed by atoms with van der Waals surface area (Å²) >= 11 is 0. The van der Waals surface area contributed by atoms with Gasteiger partial charge >= 0.3 is 0 Å². The fourth-order valence-corrected chi connectivity index (χ4v) is 1.56. The van der Waals surface area contributed by atoms with Crippen LogP contribution in [0.25, 0.3) is 0 Å². The van der Waals surface area contributed by atoms with Crippen molar-refractivity contribution in [3.05, 3.63) is 29.1 Å². The van der Waals surface area contributed by atoms with E-state index in [0.29, 0.717) is 5.69 Å². The molecule has 0 saturated carbocycles. The second kappa shape index (κ2) is 5.49. The van der Waals surface area contributed by atoms with E-state index >= 15 is 0 Å². The van der Waals surface area contributed by atoms with Gasteiger partial charge < -0.3 is 5.32 Å². The van der Waals surface area contributed by atoms with Gasteiger partial charge in [0.15, 0.2) is 0 Å². The smallest absolute Gasteiger partial charge is 0.269 e. The molecule has 1 N–H and O–H groups in total. The zero-order chi connectivity index (χ0) is 11.3. The summed E-state index contributed by atoms with van der Waals surface area (Å²) in [7, 11) is 1.62. The first-order valence-corrected chi connectivity index (χ1v) is 5.43. The summed E-state index contributed by atoms with van der Waals surface area (Å²) in [6.07, 6.45) is 2.96. The quantitative estimate of drug-likeness (QED) is 0.818. The number of nitrogens with one attached hydrogen (secondary N) is 1. The Hall–Kier alpha value is -1.38. The number of nitrogens with zero attached hydrogens (tertiary/aromatic N) is 1. The summed E-state index contributed by atoms with van der Waals surface area (Å²) in [5.41, 5.74) is 2.81. The fourth-order valence-electron chi connectivity index (χ4n) is 1.56. The Bertz CT molecular complexity index is 347. The number of hydrogen-bond acceptors (Lipinski definition) is 2. The Morgan fingerprint density at radius 2 is 2.13 bits per heavy atom. The molecule has 0 bridgehead atoms. The van der Waals surface area contributed by atoms with Gasteiger partial charge in [0.1, 0.15) is 5.69 Å². The largest absolute Gasteiger partial charge is 0.354 e. The van der Waals surface area contributed by atoms with E-state index in [4.69, 9.17) is 0 Å². The van der Waals surface area contributed by atoms with Gasteiger partial charge in [-0.25, -0.2) is 4.98 Å². The average Bonchev–Trinajstić information content (AvgIpc) is 2.28. The average molecular weight is 206 g/mol. The molecule has 0 aliphatic carbocycles. The minimum Gasteiger partial charge on any atom is -0.354 e. The number of aromatic nitrogens is 1. The molecule has 1 amide bonds. The topological polar surface area (TPSA) is 42.0 Å². The van der Waals surface area contributed by atoms with Gasteiger partial charge in [0.25, 0.3) is 5.91 Å². The van der Waals surface area contributed by atoms with E-state index in [1.165, 1.54) is 5.56 Å². The lowest BCUT2D eigenvalue weighted by atomic mass is 10.1. The molecule has 1 aromatic rings. The molecule has 1 rings (SSSR count). The maximum Gasteiger partial charge on any atom is 0.269 e. The SMILES string of the molecule is CCCc1nc(C(=O)NC)ccc1CC. The van der Waals surface area contributed by atoms with Gasteiger partial charge in [0, 0.05) is 12.7 Å². The molecule has 0 unspecified atom stereocenters. The molecule has 1 heterocycles. The maximum atomic E-state index is 11.4. The number of rotatable bonds is 4. The fraction of sp³-hybridized carbons (Fsp3) is 0.500. The predicted octanol–water partition coefficient (Wildman–Crippen LogP) is 1.96. The maximum absolute atomic E-state index is 11.4. The van der Waals surface area contributed by atoms with E-state index in [9.17, 15) is 4.79 Å². The molecule has 0 aromatic carbocycles. The minimum absolute atomic E-state index is 0.116. The van der Waals surface area contributed by atoms with E-state index in [1.807, 2.05) is 6.07 Å². The van der Waals surface area contributed by atoms with Crippen LogP contribution in [0.3, 0.4) is 0 Å². The van der Waals surface area contributed by atoms with Crippen molar-refractivity contribution in [1.29, 1.82) is 0 Å². The van der Waals surface area contributed by atoms with E-state index in [0.717, 1.165) is 25.0 Å².